The first-order valence-electron chi connectivity index (χ1n) is 5.17. The van der Waals surface area contributed by atoms with Crippen LogP contribution in [0.2, 0.25) is 0 Å². The van der Waals surface area contributed by atoms with Crippen molar-refractivity contribution in [3.05, 3.63) is 29.8 Å². The van der Waals surface area contributed by atoms with Gasteiger partial charge in [0.05, 0.1) is 11.5 Å². The Kier molecular flexibility index (Phi) is 4.86. The number of ether oxygens (including phenoxy) is 1. The van der Waals surface area contributed by atoms with Gasteiger partial charge in [-0.2, -0.15) is 8.78 Å². The van der Waals surface area contributed by atoms with Crippen LogP contribution >= 0.6 is 0 Å². The van der Waals surface area contributed by atoms with Crippen molar-refractivity contribution in [2.45, 2.75) is 25.7 Å². The third kappa shape index (κ3) is 5.12. The molecule has 0 saturated carbocycles. The van der Waals surface area contributed by atoms with Gasteiger partial charge in [-0.15, -0.1) is 0 Å². The number of sulfone groups is 1. The molecule has 0 aliphatic rings. The summed E-state index contributed by atoms with van der Waals surface area (Å²) in [6.07, 6.45) is 0.537. The first-order chi connectivity index (χ1) is 7.93. The summed E-state index contributed by atoms with van der Waals surface area (Å²) in [5.74, 6) is -0.0852. The molecule has 1 rings (SSSR count). The number of alkyl halides is 2. The molecule has 0 bridgehead atoms. The van der Waals surface area contributed by atoms with Crippen molar-refractivity contribution in [1.29, 1.82) is 0 Å². The van der Waals surface area contributed by atoms with E-state index >= 15 is 0 Å². The second-order valence-corrected chi connectivity index (χ2v) is 5.80. The smallest absolute Gasteiger partial charge is 0.387 e. The summed E-state index contributed by atoms with van der Waals surface area (Å²) in [7, 11) is -3.17. The molecule has 96 valence electrons. The zero-order valence-corrected chi connectivity index (χ0v) is 10.2. The van der Waals surface area contributed by atoms with Gasteiger partial charge in [0.1, 0.15) is 5.75 Å². The first-order valence-corrected chi connectivity index (χ1v) is 6.99. The Labute approximate surface area is 99.3 Å². The van der Waals surface area contributed by atoms with Gasteiger partial charge in [0, 0.05) is 0 Å². The number of rotatable bonds is 6. The molecule has 1 aromatic rings. The Morgan fingerprint density at radius 3 is 2.65 bits per heavy atom. The number of hydrogen-bond donors (Lipinski definition) is 0. The molecule has 0 aromatic heterocycles. The highest BCUT2D eigenvalue weighted by Crippen LogP contribution is 2.18. The molecule has 0 aliphatic carbocycles. The monoisotopic (exact) mass is 264 g/mol. The molecule has 0 spiro atoms. The molecular formula is C11H14F2O3S. The number of benzene rings is 1. The Morgan fingerprint density at radius 1 is 1.35 bits per heavy atom. The molecule has 17 heavy (non-hydrogen) atoms. The fraction of sp³-hybridized carbons (Fsp3) is 0.455. The zero-order valence-electron chi connectivity index (χ0n) is 9.40. The standard InChI is InChI=1S/C11H14F2O3S/c1-2-6-17(14,15)8-9-4-3-5-10(7-9)16-11(12)13/h3-5,7,11H,2,6,8H2,1H3. The van der Waals surface area contributed by atoms with Gasteiger partial charge >= 0.3 is 6.61 Å². The van der Waals surface area contributed by atoms with Crippen molar-refractivity contribution >= 4 is 9.84 Å². The lowest BCUT2D eigenvalue weighted by molar-refractivity contribution is -0.0498. The summed E-state index contributed by atoms with van der Waals surface area (Å²) in [5, 5.41) is 0. The van der Waals surface area contributed by atoms with Crippen LogP contribution in [-0.4, -0.2) is 20.8 Å². The molecule has 0 amide bonds. The molecule has 0 aliphatic heterocycles. The number of hydrogen-bond acceptors (Lipinski definition) is 3. The van der Waals surface area contributed by atoms with Crippen molar-refractivity contribution in [3.8, 4) is 5.75 Å². The third-order valence-corrected chi connectivity index (χ3v) is 3.83. The van der Waals surface area contributed by atoms with E-state index in [9.17, 15) is 17.2 Å². The van der Waals surface area contributed by atoms with Crippen LogP contribution in [0, 0.1) is 0 Å². The Balaban J connectivity index is 2.79. The topological polar surface area (TPSA) is 43.4 Å². The summed E-state index contributed by atoms with van der Waals surface area (Å²) in [5.41, 5.74) is 0.455. The van der Waals surface area contributed by atoms with Gasteiger partial charge in [-0.05, 0) is 24.1 Å². The van der Waals surface area contributed by atoms with E-state index in [0.29, 0.717) is 12.0 Å². The van der Waals surface area contributed by atoms with E-state index in [2.05, 4.69) is 4.74 Å². The molecule has 0 unspecified atom stereocenters. The molecule has 1 aromatic carbocycles. The molecule has 6 heteroatoms. The fourth-order valence-corrected chi connectivity index (χ4v) is 2.90. The normalized spacial score (nSPS) is 11.8. The van der Waals surface area contributed by atoms with Gasteiger partial charge in [-0.25, -0.2) is 8.42 Å². The van der Waals surface area contributed by atoms with Gasteiger partial charge in [0.2, 0.25) is 0 Å². The highest BCUT2D eigenvalue weighted by atomic mass is 32.2. The van der Waals surface area contributed by atoms with Crippen LogP contribution in [-0.2, 0) is 15.6 Å². The van der Waals surface area contributed by atoms with Crippen molar-refractivity contribution in [2.24, 2.45) is 0 Å². The minimum Gasteiger partial charge on any atom is -0.435 e. The predicted molar refractivity (Wildman–Crippen MR) is 60.9 cm³/mol. The second-order valence-electron chi connectivity index (χ2n) is 3.62. The van der Waals surface area contributed by atoms with Gasteiger partial charge in [0.15, 0.2) is 9.84 Å². The average molecular weight is 264 g/mol. The lowest BCUT2D eigenvalue weighted by Crippen LogP contribution is -2.09. The van der Waals surface area contributed by atoms with E-state index in [1.54, 1.807) is 13.0 Å². The van der Waals surface area contributed by atoms with Crippen LogP contribution < -0.4 is 4.74 Å². The minimum absolute atomic E-state index is 0.0239. The lowest BCUT2D eigenvalue weighted by Gasteiger charge is -2.07. The van der Waals surface area contributed by atoms with Crippen LogP contribution in [0.1, 0.15) is 18.9 Å². The maximum absolute atomic E-state index is 12.0. The van der Waals surface area contributed by atoms with E-state index in [1.165, 1.54) is 18.2 Å². The van der Waals surface area contributed by atoms with Crippen molar-refractivity contribution < 1.29 is 21.9 Å². The Hall–Kier alpha value is -1.17. The predicted octanol–water partition coefficient (Wildman–Crippen LogP) is 2.61. The fourth-order valence-electron chi connectivity index (χ4n) is 1.45. The molecule has 0 radical (unpaired) electrons. The van der Waals surface area contributed by atoms with E-state index in [4.69, 9.17) is 0 Å². The summed E-state index contributed by atoms with van der Waals surface area (Å²) in [6, 6.07) is 5.75. The largest absolute Gasteiger partial charge is 0.435 e. The maximum atomic E-state index is 12.0. The molecule has 0 N–H and O–H groups in total. The van der Waals surface area contributed by atoms with Crippen molar-refractivity contribution in [1.82, 2.24) is 0 Å². The van der Waals surface area contributed by atoms with Crippen LogP contribution in [0.3, 0.4) is 0 Å². The van der Waals surface area contributed by atoms with Gasteiger partial charge in [-0.1, -0.05) is 19.1 Å². The summed E-state index contributed by atoms with van der Waals surface area (Å²) < 4.78 is 51.2. The van der Waals surface area contributed by atoms with Crippen LogP contribution in [0.5, 0.6) is 5.75 Å². The summed E-state index contributed by atoms with van der Waals surface area (Å²) in [6.45, 7) is -1.13. The van der Waals surface area contributed by atoms with Gasteiger partial charge < -0.3 is 4.74 Å². The Bertz CT molecular complexity index is 458. The third-order valence-electron chi connectivity index (χ3n) is 2.03. The van der Waals surface area contributed by atoms with E-state index < -0.39 is 16.4 Å². The summed E-state index contributed by atoms with van der Waals surface area (Å²) in [4.78, 5) is 0. The van der Waals surface area contributed by atoms with Gasteiger partial charge in [-0.3, -0.25) is 0 Å². The summed E-state index contributed by atoms with van der Waals surface area (Å²) >= 11 is 0. The molecule has 0 heterocycles. The maximum Gasteiger partial charge on any atom is 0.387 e. The molecule has 0 fully saturated rings. The number of halogens is 2. The highest BCUT2D eigenvalue weighted by Gasteiger charge is 2.12. The second kappa shape index (κ2) is 5.95. The minimum atomic E-state index is -3.17. The quantitative estimate of drug-likeness (QED) is 0.793. The van der Waals surface area contributed by atoms with E-state index in [0.717, 1.165) is 0 Å². The van der Waals surface area contributed by atoms with Crippen LogP contribution in [0.4, 0.5) is 8.78 Å². The van der Waals surface area contributed by atoms with Crippen molar-refractivity contribution in [2.75, 3.05) is 5.75 Å². The molecular weight excluding hydrogens is 250 g/mol. The van der Waals surface area contributed by atoms with Gasteiger partial charge in [0.25, 0.3) is 0 Å². The van der Waals surface area contributed by atoms with E-state index in [1.807, 2.05) is 0 Å². The molecule has 0 saturated heterocycles. The molecule has 0 atom stereocenters. The SMILES string of the molecule is CCCS(=O)(=O)Cc1cccc(OC(F)F)c1. The highest BCUT2D eigenvalue weighted by molar-refractivity contribution is 7.90. The lowest BCUT2D eigenvalue weighted by atomic mass is 10.2. The Morgan fingerprint density at radius 2 is 2.06 bits per heavy atom. The van der Waals surface area contributed by atoms with E-state index in [-0.39, 0.29) is 17.3 Å². The first kappa shape index (κ1) is 13.9. The average Bonchev–Trinajstić information content (AvgIpc) is 2.15. The molecule has 3 nitrogen and oxygen atoms in total. The van der Waals surface area contributed by atoms with Crippen molar-refractivity contribution in [3.63, 3.8) is 0 Å². The van der Waals surface area contributed by atoms with Crippen LogP contribution in [0.15, 0.2) is 24.3 Å². The van der Waals surface area contributed by atoms with Crippen LogP contribution in [0.25, 0.3) is 0 Å². The zero-order chi connectivity index (χ0) is 12.9.